The predicted octanol–water partition coefficient (Wildman–Crippen LogP) is 3.82. The Morgan fingerprint density at radius 2 is 1.50 bits per heavy atom. The van der Waals surface area contributed by atoms with Gasteiger partial charge in [-0.1, -0.05) is 60.7 Å². The standard InChI is InChI=1S/C22H15N3O/c23-13-15-9-11-16(12-10-15)14-24-25-22(26)21-19-7-3-1-5-17(19)18-6-2-4-8-20(18)21/h1-12,14,21H,(H,25,26)/b24-14+. The van der Waals surface area contributed by atoms with Gasteiger partial charge >= 0.3 is 0 Å². The molecule has 1 aliphatic rings. The van der Waals surface area contributed by atoms with Crippen molar-refractivity contribution in [1.29, 1.82) is 5.26 Å². The van der Waals surface area contributed by atoms with Crippen molar-refractivity contribution < 1.29 is 4.79 Å². The molecule has 1 amide bonds. The van der Waals surface area contributed by atoms with Crippen LogP contribution < -0.4 is 5.43 Å². The Kier molecular flexibility index (Phi) is 4.04. The van der Waals surface area contributed by atoms with Crippen LogP contribution in [0.3, 0.4) is 0 Å². The summed E-state index contributed by atoms with van der Waals surface area (Å²) in [5.74, 6) is -0.521. The van der Waals surface area contributed by atoms with E-state index in [-0.39, 0.29) is 11.8 Å². The Labute approximate surface area is 151 Å². The van der Waals surface area contributed by atoms with Crippen molar-refractivity contribution in [3.05, 3.63) is 95.1 Å². The number of nitrogens with zero attached hydrogens (tertiary/aromatic N) is 2. The molecular formula is C22H15N3O. The molecule has 3 aromatic rings. The molecule has 0 spiro atoms. The highest BCUT2D eigenvalue weighted by atomic mass is 16.2. The first kappa shape index (κ1) is 15.8. The minimum Gasteiger partial charge on any atom is -0.272 e. The number of fused-ring (bicyclic) bond motifs is 3. The van der Waals surface area contributed by atoms with Crippen molar-refractivity contribution in [2.75, 3.05) is 0 Å². The molecule has 0 aliphatic heterocycles. The van der Waals surface area contributed by atoms with Crippen LogP contribution in [0.25, 0.3) is 11.1 Å². The van der Waals surface area contributed by atoms with Crippen LogP contribution in [0.2, 0.25) is 0 Å². The van der Waals surface area contributed by atoms with Crippen LogP contribution in [0, 0.1) is 11.3 Å². The van der Waals surface area contributed by atoms with Gasteiger partial charge in [0, 0.05) is 0 Å². The van der Waals surface area contributed by atoms with E-state index in [4.69, 9.17) is 5.26 Å². The molecule has 0 saturated carbocycles. The number of hydrogen-bond acceptors (Lipinski definition) is 3. The van der Waals surface area contributed by atoms with E-state index in [0.717, 1.165) is 27.8 Å². The Morgan fingerprint density at radius 1 is 0.923 bits per heavy atom. The van der Waals surface area contributed by atoms with Gasteiger partial charge in [-0.15, -0.1) is 0 Å². The molecule has 0 unspecified atom stereocenters. The van der Waals surface area contributed by atoms with Crippen LogP contribution in [0.4, 0.5) is 0 Å². The zero-order valence-corrected chi connectivity index (χ0v) is 13.9. The van der Waals surface area contributed by atoms with Crippen molar-refractivity contribution in [3.8, 4) is 17.2 Å². The summed E-state index contributed by atoms with van der Waals surface area (Å²) in [6, 6.07) is 25.0. The topological polar surface area (TPSA) is 65.2 Å². The van der Waals surface area contributed by atoms with Crippen LogP contribution in [-0.2, 0) is 4.79 Å². The van der Waals surface area contributed by atoms with E-state index in [1.165, 1.54) is 0 Å². The molecule has 0 bridgehead atoms. The van der Waals surface area contributed by atoms with Crippen molar-refractivity contribution >= 4 is 12.1 Å². The van der Waals surface area contributed by atoms with Gasteiger partial charge in [0.05, 0.1) is 23.8 Å². The van der Waals surface area contributed by atoms with Gasteiger partial charge in [-0.2, -0.15) is 10.4 Å². The summed E-state index contributed by atoms with van der Waals surface area (Å²) < 4.78 is 0. The van der Waals surface area contributed by atoms with Gasteiger partial charge < -0.3 is 0 Å². The molecule has 26 heavy (non-hydrogen) atoms. The van der Waals surface area contributed by atoms with Crippen molar-refractivity contribution in [2.45, 2.75) is 5.92 Å². The van der Waals surface area contributed by atoms with Crippen LogP contribution in [-0.4, -0.2) is 12.1 Å². The smallest absolute Gasteiger partial charge is 0.252 e. The maximum Gasteiger partial charge on any atom is 0.252 e. The number of hydrogen-bond donors (Lipinski definition) is 1. The van der Waals surface area contributed by atoms with Crippen LogP contribution >= 0.6 is 0 Å². The highest BCUT2D eigenvalue weighted by Crippen LogP contribution is 2.44. The molecule has 0 radical (unpaired) electrons. The van der Waals surface area contributed by atoms with E-state index in [9.17, 15) is 4.79 Å². The first-order valence-electron chi connectivity index (χ1n) is 8.29. The average molecular weight is 337 g/mol. The van der Waals surface area contributed by atoms with Gasteiger partial charge in [0.25, 0.3) is 5.91 Å². The largest absolute Gasteiger partial charge is 0.272 e. The minimum atomic E-state index is -0.361. The van der Waals surface area contributed by atoms with Gasteiger partial charge in [0.1, 0.15) is 0 Å². The maximum atomic E-state index is 12.8. The zero-order chi connectivity index (χ0) is 17.9. The molecule has 1 aliphatic carbocycles. The van der Waals surface area contributed by atoms with E-state index >= 15 is 0 Å². The summed E-state index contributed by atoms with van der Waals surface area (Å²) >= 11 is 0. The lowest BCUT2D eigenvalue weighted by Gasteiger charge is -2.11. The molecule has 4 nitrogen and oxygen atoms in total. The second-order valence-electron chi connectivity index (χ2n) is 6.08. The van der Waals surface area contributed by atoms with E-state index in [1.807, 2.05) is 48.5 Å². The fraction of sp³-hybridized carbons (Fsp3) is 0.0455. The van der Waals surface area contributed by atoms with Crippen molar-refractivity contribution in [3.63, 3.8) is 0 Å². The number of amides is 1. The quantitative estimate of drug-likeness (QED) is 0.583. The number of nitriles is 1. The van der Waals surface area contributed by atoms with Gasteiger partial charge in [-0.3, -0.25) is 4.79 Å². The van der Waals surface area contributed by atoms with Gasteiger partial charge in [-0.05, 0) is 39.9 Å². The Bertz CT molecular complexity index is 1000. The number of rotatable bonds is 3. The summed E-state index contributed by atoms with van der Waals surface area (Å²) in [5, 5.41) is 12.9. The predicted molar refractivity (Wildman–Crippen MR) is 101 cm³/mol. The van der Waals surface area contributed by atoms with E-state index in [1.54, 1.807) is 30.5 Å². The van der Waals surface area contributed by atoms with E-state index < -0.39 is 0 Å². The fourth-order valence-electron chi connectivity index (χ4n) is 3.32. The lowest BCUT2D eigenvalue weighted by Crippen LogP contribution is -2.25. The number of carbonyl (C=O) groups is 1. The average Bonchev–Trinajstić information content (AvgIpc) is 3.03. The lowest BCUT2D eigenvalue weighted by atomic mass is 9.96. The highest BCUT2D eigenvalue weighted by Gasteiger charge is 2.33. The van der Waals surface area contributed by atoms with E-state index in [2.05, 4.69) is 16.6 Å². The monoisotopic (exact) mass is 337 g/mol. The first-order chi connectivity index (χ1) is 12.8. The molecule has 124 valence electrons. The van der Waals surface area contributed by atoms with Gasteiger partial charge in [0.2, 0.25) is 0 Å². The Hall–Kier alpha value is -3.71. The summed E-state index contributed by atoms with van der Waals surface area (Å²) in [6.45, 7) is 0. The second kappa shape index (κ2) is 6.66. The zero-order valence-electron chi connectivity index (χ0n) is 13.9. The maximum absolute atomic E-state index is 12.8. The molecule has 0 aromatic heterocycles. The molecule has 4 heteroatoms. The number of hydrazone groups is 1. The highest BCUT2D eigenvalue weighted by molar-refractivity contribution is 5.96. The Balaban J connectivity index is 1.56. The number of benzene rings is 3. The molecule has 3 aromatic carbocycles. The fourth-order valence-corrected chi connectivity index (χ4v) is 3.32. The third-order valence-corrected chi connectivity index (χ3v) is 4.52. The summed E-state index contributed by atoms with van der Waals surface area (Å²) in [5.41, 5.74) is 8.25. The normalized spacial score (nSPS) is 12.4. The third kappa shape index (κ3) is 2.76. The molecule has 4 rings (SSSR count). The summed E-state index contributed by atoms with van der Waals surface area (Å²) in [6.07, 6.45) is 1.58. The van der Waals surface area contributed by atoms with Crippen LogP contribution in [0.5, 0.6) is 0 Å². The van der Waals surface area contributed by atoms with Crippen molar-refractivity contribution in [1.82, 2.24) is 5.43 Å². The van der Waals surface area contributed by atoms with Crippen molar-refractivity contribution in [2.24, 2.45) is 5.10 Å². The van der Waals surface area contributed by atoms with Gasteiger partial charge in [-0.25, -0.2) is 5.43 Å². The molecule has 0 heterocycles. The van der Waals surface area contributed by atoms with E-state index in [0.29, 0.717) is 5.56 Å². The molecule has 1 N–H and O–H groups in total. The number of nitrogens with one attached hydrogen (secondary N) is 1. The first-order valence-corrected chi connectivity index (χ1v) is 8.29. The van der Waals surface area contributed by atoms with Crippen LogP contribution in [0.15, 0.2) is 77.9 Å². The molecule has 0 saturated heterocycles. The second-order valence-corrected chi connectivity index (χ2v) is 6.08. The Morgan fingerprint density at radius 3 is 2.08 bits per heavy atom. The minimum absolute atomic E-state index is 0.160. The molecule has 0 atom stereocenters. The SMILES string of the molecule is N#Cc1ccc(/C=N/NC(=O)C2c3ccccc3-c3ccccc32)cc1. The third-order valence-electron chi connectivity index (χ3n) is 4.52. The summed E-state index contributed by atoms with van der Waals surface area (Å²) in [4.78, 5) is 12.8. The van der Waals surface area contributed by atoms with Gasteiger partial charge in [0.15, 0.2) is 0 Å². The molecule has 0 fully saturated rings. The van der Waals surface area contributed by atoms with Crippen LogP contribution in [0.1, 0.15) is 28.2 Å². The lowest BCUT2D eigenvalue weighted by molar-refractivity contribution is -0.121. The molecular weight excluding hydrogens is 322 g/mol. The number of carbonyl (C=O) groups excluding carboxylic acids is 1. The summed E-state index contributed by atoms with van der Waals surface area (Å²) in [7, 11) is 0.